The zero-order chi connectivity index (χ0) is 14.7. The minimum Gasteiger partial charge on any atom is -0.507 e. The van der Waals surface area contributed by atoms with Crippen molar-refractivity contribution in [3.8, 4) is 5.75 Å². The molecule has 2 aromatic rings. The van der Waals surface area contributed by atoms with E-state index in [-0.39, 0.29) is 11.3 Å². The second-order valence-electron chi connectivity index (χ2n) is 4.05. The van der Waals surface area contributed by atoms with E-state index in [2.05, 4.69) is 4.98 Å². The summed E-state index contributed by atoms with van der Waals surface area (Å²) in [5.41, 5.74) is -0.240. The number of phenols is 1. The van der Waals surface area contributed by atoms with Crippen molar-refractivity contribution in [2.24, 2.45) is 0 Å². The zero-order valence-corrected chi connectivity index (χ0v) is 11.3. The van der Waals surface area contributed by atoms with Gasteiger partial charge in [-0.2, -0.15) is 0 Å². The average Bonchev–Trinajstić information content (AvgIpc) is 2.90. The number of hydrogen-bond acceptors (Lipinski definition) is 6. The van der Waals surface area contributed by atoms with Crippen LogP contribution < -0.4 is 0 Å². The molecule has 1 N–H and O–H groups in total. The number of phenolic OH excluding ortho intramolecular Hbond substituents is 1. The molecule has 0 saturated carbocycles. The lowest BCUT2D eigenvalue weighted by atomic mass is 10.1. The fourth-order valence-electron chi connectivity index (χ4n) is 1.63. The van der Waals surface area contributed by atoms with Crippen LogP contribution in [0.1, 0.15) is 15.4 Å². The van der Waals surface area contributed by atoms with Crippen LogP contribution in [0.2, 0.25) is 0 Å². The molecule has 7 nitrogen and oxygen atoms in total. The second-order valence-corrected chi connectivity index (χ2v) is 5.02. The molecule has 0 spiro atoms. The molecule has 0 unspecified atom stereocenters. The molecule has 0 aliphatic rings. The molecule has 1 aromatic heterocycles. The maximum absolute atomic E-state index is 12.1. The van der Waals surface area contributed by atoms with Crippen LogP contribution in [0.25, 0.3) is 0 Å². The lowest BCUT2D eigenvalue weighted by Gasteiger charge is -2.16. The third kappa shape index (κ3) is 2.91. The first-order valence-corrected chi connectivity index (χ1v) is 6.48. The van der Waals surface area contributed by atoms with Crippen molar-refractivity contribution >= 4 is 22.9 Å². The van der Waals surface area contributed by atoms with Crippen LogP contribution in [0.15, 0.2) is 29.8 Å². The molecule has 0 aliphatic heterocycles. The lowest BCUT2D eigenvalue weighted by Crippen LogP contribution is -2.26. The van der Waals surface area contributed by atoms with Gasteiger partial charge in [0.15, 0.2) is 0 Å². The predicted octanol–water partition coefficient (Wildman–Crippen LogP) is 2.03. The number of carbonyl (C=O) groups excluding carboxylic acids is 1. The van der Waals surface area contributed by atoms with Crippen molar-refractivity contribution in [3.05, 3.63) is 50.5 Å². The number of benzene rings is 1. The molecule has 0 atom stereocenters. The summed E-state index contributed by atoms with van der Waals surface area (Å²) in [6.45, 7) is 0.312. The highest BCUT2D eigenvalue weighted by atomic mass is 32.1. The highest BCUT2D eigenvalue weighted by Gasteiger charge is 2.19. The molecule has 0 bridgehead atoms. The highest BCUT2D eigenvalue weighted by molar-refractivity contribution is 7.09. The van der Waals surface area contributed by atoms with Gasteiger partial charge in [0.2, 0.25) is 0 Å². The lowest BCUT2D eigenvalue weighted by molar-refractivity contribution is -0.384. The van der Waals surface area contributed by atoms with Gasteiger partial charge < -0.3 is 10.0 Å². The van der Waals surface area contributed by atoms with Crippen LogP contribution in [0.5, 0.6) is 5.75 Å². The number of nitrogens with zero attached hydrogens (tertiary/aromatic N) is 3. The Labute approximate surface area is 118 Å². The molecule has 104 valence electrons. The van der Waals surface area contributed by atoms with Gasteiger partial charge in [-0.1, -0.05) is 0 Å². The topological polar surface area (TPSA) is 96.6 Å². The van der Waals surface area contributed by atoms with Gasteiger partial charge >= 0.3 is 0 Å². The normalized spacial score (nSPS) is 10.2. The third-order valence-corrected chi connectivity index (χ3v) is 3.39. The molecule has 8 heteroatoms. The van der Waals surface area contributed by atoms with E-state index in [1.807, 2.05) is 0 Å². The molecule has 0 aliphatic carbocycles. The summed E-state index contributed by atoms with van der Waals surface area (Å²) in [6, 6.07) is 3.39. The minimum atomic E-state index is -0.632. The van der Waals surface area contributed by atoms with Crippen LogP contribution in [-0.4, -0.2) is 32.9 Å². The number of non-ortho nitro benzene ring substituents is 1. The number of hydrogen-bond donors (Lipinski definition) is 1. The van der Waals surface area contributed by atoms with E-state index < -0.39 is 16.6 Å². The van der Waals surface area contributed by atoms with Crippen LogP contribution in [0.4, 0.5) is 5.69 Å². The number of aromatic nitrogens is 1. The Morgan fingerprint density at radius 2 is 2.30 bits per heavy atom. The summed E-state index contributed by atoms with van der Waals surface area (Å²) in [5.74, 6) is -0.831. The Morgan fingerprint density at radius 1 is 1.55 bits per heavy atom. The molecule has 0 radical (unpaired) electrons. The number of rotatable bonds is 4. The van der Waals surface area contributed by atoms with Gasteiger partial charge in [-0.05, 0) is 6.07 Å². The Hall–Kier alpha value is -2.48. The standard InChI is InChI=1S/C12H11N3O4S/c1-14(7-11-13-4-5-20-11)12(17)9-3-2-8(15(18)19)6-10(9)16/h2-6,16H,7H2,1H3. The first-order chi connectivity index (χ1) is 9.49. The van der Waals surface area contributed by atoms with E-state index in [4.69, 9.17) is 0 Å². The van der Waals surface area contributed by atoms with Gasteiger partial charge in [-0.15, -0.1) is 11.3 Å². The number of carbonyl (C=O) groups is 1. The fourth-order valence-corrected chi connectivity index (χ4v) is 2.29. The van der Waals surface area contributed by atoms with E-state index in [1.165, 1.54) is 28.4 Å². The predicted molar refractivity (Wildman–Crippen MR) is 72.7 cm³/mol. The number of thiazole rings is 1. The molecule has 0 fully saturated rings. The number of nitro groups is 1. The summed E-state index contributed by atoms with van der Waals surface area (Å²) in [5, 5.41) is 22.9. The SMILES string of the molecule is CN(Cc1nccs1)C(=O)c1ccc([N+](=O)[O-])cc1O. The number of nitro benzene ring substituents is 1. The van der Waals surface area contributed by atoms with Gasteiger partial charge in [-0.25, -0.2) is 4.98 Å². The van der Waals surface area contributed by atoms with Gasteiger partial charge in [0, 0.05) is 24.7 Å². The quantitative estimate of drug-likeness (QED) is 0.687. The molecule has 20 heavy (non-hydrogen) atoms. The monoisotopic (exact) mass is 293 g/mol. The van der Waals surface area contributed by atoms with E-state index >= 15 is 0 Å². The third-order valence-electron chi connectivity index (χ3n) is 2.63. The Morgan fingerprint density at radius 3 is 2.85 bits per heavy atom. The van der Waals surface area contributed by atoms with Gasteiger partial charge in [0.25, 0.3) is 11.6 Å². The molecular weight excluding hydrogens is 282 g/mol. The summed E-state index contributed by atoms with van der Waals surface area (Å²) in [6.07, 6.45) is 1.64. The van der Waals surface area contributed by atoms with Crippen molar-refractivity contribution in [1.29, 1.82) is 0 Å². The van der Waals surface area contributed by atoms with Crippen LogP contribution in [0.3, 0.4) is 0 Å². The smallest absolute Gasteiger partial charge is 0.273 e. The van der Waals surface area contributed by atoms with Crippen molar-refractivity contribution in [2.45, 2.75) is 6.54 Å². The Balaban J connectivity index is 2.18. The maximum atomic E-state index is 12.1. The number of aromatic hydroxyl groups is 1. The summed E-state index contributed by atoms with van der Waals surface area (Å²) in [4.78, 5) is 27.5. The number of amides is 1. The van der Waals surface area contributed by atoms with E-state index in [9.17, 15) is 20.0 Å². The highest BCUT2D eigenvalue weighted by Crippen LogP contribution is 2.24. The molecule has 2 rings (SSSR count). The van der Waals surface area contributed by atoms with E-state index in [0.29, 0.717) is 6.54 Å². The van der Waals surface area contributed by atoms with Crippen LogP contribution in [0, 0.1) is 10.1 Å². The summed E-state index contributed by atoms with van der Waals surface area (Å²) < 4.78 is 0. The molecule has 0 saturated heterocycles. The minimum absolute atomic E-state index is 0.0228. The van der Waals surface area contributed by atoms with Crippen LogP contribution in [-0.2, 0) is 6.54 Å². The van der Waals surface area contributed by atoms with Crippen molar-refractivity contribution < 1.29 is 14.8 Å². The second kappa shape index (κ2) is 5.66. The van der Waals surface area contributed by atoms with E-state index in [0.717, 1.165) is 11.1 Å². The van der Waals surface area contributed by atoms with E-state index in [1.54, 1.807) is 18.6 Å². The van der Waals surface area contributed by atoms with Crippen LogP contribution >= 0.6 is 11.3 Å². The molecule has 1 heterocycles. The molecule has 1 amide bonds. The summed E-state index contributed by atoms with van der Waals surface area (Å²) >= 11 is 1.42. The van der Waals surface area contributed by atoms with Gasteiger partial charge in [0.1, 0.15) is 10.8 Å². The summed E-state index contributed by atoms with van der Waals surface area (Å²) in [7, 11) is 1.57. The van der Waals surface area contributed by atoms with Crippen molar-refractivity contribution in [2.75, 3.05) is 7.05 Å². The van der Waals surface area contributed by atoms with Crippen molar-refractivity contribution in [3.63, 3.8) is 0 Å². The Kier molecular flexibility index (Phi) is 3.94. The molecular formula is C12H11N3O4S. The fraction of sp³-hybridized carbons (Fsp3) is 0.167. The van der Waals surface area contributed by atoms with Gasteiger partial charge in [-0.3, -0.25) is 14.9 Å². The largest absolute Gasteiger partial charge is 0.507 e. The maximum Gasteiger partial charge on any atom is 0.273 e. The van der Waals surface area contributed by atoms with Gasteiger partial charge in [0.05, 0.1) is 23.1 Å². The first-order valence-electron chi connectivity index (χ1n) is 5.60. The first kappa shape index (κ1) is 13.9. The average molecular weight is 293 g/mol. The Bertz CT molecular complexity index is 642. The van der Waals surface area contributed by atoms with Crippen molar-refractivity contribution in [1.82, 2.24) is 9.88 Å². The molecule has 1 aromatic carbocycles. The zero-order valence-electron chi connectivity index (χ0n) is 10.5.